The largest absolute Gasteiger partial charge is 0.811 e. The zero-order chi connectivity index (χ0) is 17.5. The Morgan fingerprint density at radius 3 is 1.67 bits per heavy atom. The van der Waals surface area contributed by atoms with E-state index in [1.54, 1.807) is 0 Å². The molecule has 2 heterocycles. The van der Waals surface area contributed by atoms with E-state index < -0.39 is 19.8 Å². The Labute approximate surface area is 134 Å². The third-order valence-electron chi connectivity index (χ3n) is 2.36. The number of allylic oxidation sites excluding steroid dienone is 2. The van der Waals surface area contributed by atoms with E-state index in [4.69, 9.17) is 17.9 Å². The van der Waals surface area contributed by atoms with Gasteiger partial charge in [-0.3, -0.25) is 9.59 Å². The third kappa shape index (κ3) is 4.25. The van der Waals surface area contributed by atoms with Gasteiger partial charge in [0.1, 0.15) is 11.9 Å². The second-order valence-corrected chi connectivity index (χ2v) is 4.71. The first kappa shape index (κ1) is 16.9. The molecule has 24 heavy (non-hydrogen) atoms. The van der Waals surface area contributed by atoms with Crippen LogP contribution in [0.5, 0.6) is 11.9 Å². The third-order valence-corrected chi connectivity index (χ3v) is 3.02. The van der Waals surface area contributed by atoms with Crippen LogP contribution in [0.3, 0.4) is 0 Å². The molecule has 0 N–H and O–H groups in total. The molecule has 0 fully saturated rings. The monoisotopic (exact) mass is 349 g/mol. The summed E-state index contributed by atoms with van der Waals surface area (Å²) in [4.78, 5) is 42.7. The summed E-state index contributed by atoms with van der Waals surface area (Å²) in [6, 6.07) is 4.77. The molecule has 0 bridgehead atoms. The van der Waals surface area contributed by atoms with Crippen molar-refractivity contribution in [2.24, 2.45) is 0 Å². The van der Waals surface area contributed by atoms with Crippen molar-refractivity contribution in [1.82, 2.24) is 0 Å². The summed E-state index contributed by atoms with van der Waals surface area (Å²) in [5.41, 5.74) is 0. The van der Waals surface area contributed by atoms with Gasteiger partial charge in [0.05, 0.1) is 12.2 Å². The Bertz CT molecular complexity index is 819. The van der Waals surface area contributed by atoms with Crippen LogP contribution in [-0.4, -0.2) is 23.4 Å². The van der Waals surface area contributed by atoms with E-state index in [1.807, 2.05) is 0 Å². The lowest BCUT2D eigenvalue weighted by Crippen LogP contribution is -1.91. The second kappa shape index (κ2) is 7.67. The Hall–Kier alpha value is -3.50. The summed E-state index contributed by atoms with van der Waals surface area (Å²) in [6.45, 7) is 0. The summed E-state index contributed by atoms with van der Waals surface area (Å²) in [6.07, 6.45) is 1.24. The molecule has 0 amide bonds. The highest BCUT2D eigenvalue weighted by molar-refractivity contribution is 7.34. The Kier molecular flexibility index (Phi) is 5.39. The Balaban J connectivity index is 1.99. The molecule has 0 saturated heterocycles. The maximum Gasteiger partial charge on any atom is 0.811 e. The molecule has 0 unspecified atom stereocenters. The molecule has 120 valence electrons. The lowest BCUT2D eigenvalue weighted by atomic mass is 10.3. The van der Waals surface area contributed by atoms with Gasteiger partial charge in [0.2, 0.25) is 11.6 Å². The van der Waals surface area contributed by atoms with E-state index >= 15 is 0 Å². The fourth-order valence-corrected chi connectivity index (χ4v) is 1.95. The Morgan fingerprint density at radius 2 is 1.29 bits per heavy atom. The van der Waals surface area contributed by atoms with Crippen LogP contribution in [0.2, 0.25) is 0 Å². The van der Waals surface area contributed by atoms with Crippen LogP contribution in [0.25, 0.3) is 0 Å². The first-order valence-electron chi connectivity index (χ1n) is 6.07. The zero-order valence-corrected chi connectivity index (χ0v) is 12.5. The quantitative estimate of drug-likeness (QED) is 0.304. The van der Waals surface area contributed by atoms with Crippen LogP contribution in [0.15, 0.2) is 45.3 Å². The number of hydrogen-bond acceptors (Lipinski definition) is 9. The molecule has 0 saturated carbocycles. The van der Waals surface area contributed by atoms with Crippen LogP contribution < -0.4 is 9.05 Å². The van der Waals surface area contributed by atoms with Gasteiger partial charge >= 0.3 is 20.1 Å². The lowest BCUT2D eigenvalue weighted by Gasteiger charge is -1.88. The van der Waals surface area contributed by atoms with Crippen LogP contribution in [0.4, 0.5) is 0 Å². The standard InChI is InChI=1S/C14H6O9P/c15-7-5-9(17)11-1-3-13(20-11)22-24(19)23-14-4-2-12(21-14)10(18)6-8-16/h1-6H/q+1. The van der Waals surface area contributed by atoms with Gasteiger partial charge in [-0.2, -0.15) is 9.05 Å². The molecule has 0 aliphatic rings. The summed E-state index contributed by atoms with van der Waals surface area (Å²) >= 11 is 0. The number of furan rings is 2. The average Bonchev–Trinajstić information content (AvgIpc) is 3.17. The predicted octanol–water partition coefficient (Wildman–Crippen LogP) is 2.13. The van der Waals surface area contributed by atoms with Gasteiger partial charge in [-0.1, -0.05) is 0 Å². The molecule has 0 aromatic carbocycles. The SMILES string of the molecule is O=C=CC(=O)c1ccc(O[P+](=O)Oc2ccc(C(=O)C=C=O)o2)o1. The molecule has 0 radical (unpaired) electrons. The van der Waals surface area contributed by atoms with Gasteiger partial charge in [-0.05, 0) is 12.1 Å². The summed E-state index contributed by atoms with van der Waals surface area (Å²) in [5.74, 6) is 0.0660. The van der Waals surface area contributed by atoms with E-state index in [0.717, 1.165) is 0 Å². The molecular weight excluding hydrogens is 343 g/mol. The smallest absolute Gasteiger partial charge is 0.419 e. The fourth-order valence-electron chi connectivity index (χ4n) is 1.42. The van der Waals surface area contributed by atoms with E-state index in [9.17, 15) is 23.7 Å². The van der Waals surface area contributed by atoms with Crippen molar-refractivity contribution >= 4 is 31.7 Å². The summed E-state index contributed by atoms with van der Waals surface area (Å²) < 4.78 is 31.0. The second-order valence-electron chi connectivity index (χ2n) is 3.90. The predicted molar refractivity (Wildman–Crippen MR) is 75.5 cm³/mol. The minimum Gasteiger partial charge on any atom is -0.419 e. The molecule has 2 rings (SSSR count). The lowest BCUT2D eigenvalue weighted by molar-refractivity contribution is 0.101. The van der Waals surface area contributed by atoms with Crippen molar-refractivity contribution in [2.45, 2.75) is 0 Å². The van der Waals surface area contributed by atoms with Crippen molar-refractivity contribution in [3.63, 3.8) is 0 Å². The van der Waals surface area contributed by atoms with E-state index in [-0.39, 0.29) is 23.4 Å². The number of carbonyl (C=O) groups excluding carboxylic acids is 4. The molecule has 9 nitrogen and oxygen atoms in total. The highest BCUT2D eigenvalue weighted by atomic mass is 31.1. The molecule has 0 aliphatic carbocycles. The minimum atomic E-state index is -2.80. The molecule has 2 aromatic heterocycles. The average molecular weight is 349 g/mol. The van der Waals surface area contributed by atoms with Gasteiger partial charge in [-0.15, -0.1) is 0 Å². The zero-order valence-electron chi connectivity index (χ0n) is 11.6. The topological polar surface area (TPSA) is 130 Å². The van der Waals surface area contributed by atoms with Gasteiger partial charge < -0.3 is 8.83 Å². The molecule has 10 heteroatoms. The number of rotatable bonds is 8. The maximum atomic E-state index is 11.7. The maximum absolute atomic E-state index is 11.7. The van der Waals surface area contributed by atoms with Crippen LogP contribution in [-0.2, 0) is 14.2 Å². The Morgan fingerprint density at radius 1 is 0.875 bits per heavy atom. The first-order chi connectivity index (χ1) is 11.5. The molecule has 2 aromatic rings. The molecule has 0 spiro atoms. The van der Waals surface area contributed by atoms with Crippen LogP contribution in [0, 0.1) is 0 Å². The fraction of sp³-hybridized carbons (Fsp3) is 0. The van der Waals surface area contributed by atoms with Crippen molar-refractivity contribution in [3.8, 4) is 11.9 Å². The van der Waals surface area contributed by atoms with Gasteiger partial charge in [-0.25, -0.2) is 9.59 Å². The van der Waals surface area contributed by atoms with Gasteiger partial charge in [0.25, 0.3) is 0 Å². The highest BCUT2D eigenvalue weighted by Crippen LogP contribution is 2.32. The van der Waals surface area contributed by atoms with E-state index in [2.05, 4.69) is 0 Å². The highest BCUT2D eigenvalue weighted by Gasteiger charge is 2.29. The summed E-state index contributed by atoms with van der Waals surface area (Å²) in [5, 5.41) is 0. The van der Waals surface area contributed by atoms with Gasteiger partial charge in [0.15, 0.2) is 11.5 Å². The minimum absolute atomic E-state index is 0.219. The number of carbonyl (C=O) groups is 2. The van der Waals surface area contributed by atoms with Crippen molar-refractivity contribution in [2.75, 3.05) is 0 Å². The molecule has 0 atom stereocenters. The van der Waals surface area contributed by atoms with Crippen LogP contribution >= 0.6 is 8.25 Å². The van der Waals surface area contributed by atoms with E-state index in [1.165, 1.54) is 36.1 Å². The number of hydrogen-bond donors (Lipinski definition) is 0. The van der Waals surface area contributed by atoms with Crippen molar-refractivity contribution < 1.29 is 41.6 Å². The van der Waals surface area contributed by atoms with Crippen LogP contribution in [0.1, 0.15) is 21.1 Å². The van der Waals surface area contributed by atoms with E-state index in [0.29, 0.717) is 12.2 Å². The summed E-state index contributed by atoms with van der Waals surface area (Å²) in [7, 11) is -2.80. The normalized spacial score (nSPS) is 10.1. The van der Waals surface area contributed by atoms with Crippen molar-refractivity contribution in [1.29, 1.82) is 0 Å². The molecular formula is C14H6O9P+. The van der Waals surface area contributed by atoms with Crippen molar-refractivity contribution in [3.05, 3.63) is 47.9 Å². The van der Waals surface area contributed by atoms with Gasteiger partial charge in [0, 0.05) is 16.7 Å². The number of ketones is 2. The molecule has 0 aliphatic heterocycles. The first-order valence-corrected chi connectivity index (χ1v) is 7.16.